The fourth-order valence-electron chi connectivity index (χ4n) is 1.90. The molecule has 0 amide bonds. The summed E-state index contributed by atoms with van der Waals surface area (Å²) in [6, 6.07) is 0. The Morgan fingerprint density at radius 2 is 2.00 bits per heavy atom. The van der Waals surface area contributed by atoms with Gasteiger partial charge in [0.1, 0.15) is 4.90 Å². The van der Waals surface area contributed by atoms with Gasteiger partial charge in [-0.25, -0.2) is 18.5 Å². The fraction of sp³-hybridized carbons (Fsp3) is 0.300. The molecule has 0 spiro atoms. The van der Waals surface area contributed by atoms with E-state index in [-0.39, 0.29) is 4.90 Å². The van der Waals surface area contributed by atoms with Crippen molar-refractivity contribution in [3.8, 4) is 11.3 Å². The molecule has 0 fully saturated rings. The number of sulfonamides is 1. The highest BCUT2D eigenvalue weighted by Crippen LogP contribution is 2.37. The molecule has 92 valence electrons. The molecule has 0 aliphatic heterocycles. The summed E-state index contributed by atoms with van der Waals surface area (Å²) in [5.74, 6) is 0. The van der Waals surface area contributed by atoms with Crippen molar-refractivity contribution in [2.75, 3.05) is 0 Å². The van der Waals surface area contributed by atoms with Gasteiger partial charge in [0.2, 0.25) is 10.0 Å². The molecule has 0 atom stereocenters. The van der Waals surface area contributed by atoms with Crippen molar-refractivity contribution in [2.45, 2.75) is 18.7 Å². The van der Waals surface area contributed by atoms with Crippen molar-refractivity contribution < 1.29 is 8.42 Å². The summed E-state index contributed by atoms with van der Waals surface area (Å²) in [4.78, 5) is 5.85. The molecule has 0 saturated heterocycles. The zero-order chi connectivity index (χ0) is 12.8. The van der Waals surface area contributed by atoms with Crippen LogP contribution in [0.2, 0.25) is 0 Å². The van der Waals surface area contributed by atoms with E-state index < -0.39 is 10.0 Å². The minimum atomic E-state index is -3.72. The average Bonchev–Trinajstić information content (AvgIpc) is 2.68. The van der Waals surface area contributed by atoms with E-state index in [4.69, 9.17) is 5.14 Å². The fourth-order valence-corrected chi connectivity index (χ4v) is 4.34. The van der Waals surface area contributed by atoms with Crippen molar-refractivity contribution >= 4 is 21.4 Å². The van der Waals surface area contributed by atoms with Crippen LogP contribution in [0.3, 0.4) is 0 Å². The molecule has 5 nitrogen and oxygen atoms in total. The number of hydrogen-bond donors (Lipinski definition) is 1. The van der Waals surface area contributed by atoms with Crippen molar-refractivity contribution in [1.82, 2.24) is 9.55 Å². The lowest BCUT2D eigenvalue weighted by atomic mass is 10.2. The van der Waals surface area contributed by atoms with Gasteiger partial charge in [0.15, 0.2) is 0 Å². The summed E-state index contributed by atoms with van der Waals surface area (Å²) < 4.78 is 25.1. The number of thiophene rings is 1. The molecule has 2 aromatic heterocycles. The second-order valence-corrected chi connectivity index (χ2v) is 6.78. The van der Waals surface area contributed by atoms with Gasteiger partial charge in [0.05, 0.1) is 18.2 Å². The Labute approximate surface area is 104 Å². The Bertz CT molecular complexity index is 668. The van der Waals surface area contributed by atoms with Gasteiger partial charge in [-0.3, -0.25) is 0 Å². The largest absolute Gasteiger partial charge is 0.334 e. The molecule has 7 heteroatoms. The predicted molar refractivity (Wildman–Crippen MR) is 67.4 cm³/mol. The van der Waals surface area contributed by atoms with E-state index in [1.54, 1.807) is 24.0 Å². The van der Waals surface area contributed by atoms with Crippen LogP contribution in [0.1, 0.15) is 9.75 Å². The van der Waals surface area contributed by atoms with Gasteiger partial charge in [-0.15, -0.1) is 11.3 Å². The van der Waals surface area contributed by atoms with Crippen molar-refractivity contribution in [2.24, 2.45) is 12.2 Å². The monoisotopic (exact) mass is 271 g/mol. The summed E-state index contributed by atoms with van der Waals surface area (Å²) in [7, 11) is -1.90. The molecule has 0 saturated carbocycles. The van der Waals surface area contributed by atoms with E-state index in [9.17, 15) is 8.42 Å². The van der Waals surface area contributed by atoms with Gasteiger partial charge in [0, 0.05) is 22.4 Å². The maximum Gasteiger partial charge on any atom is 0.239 e. The molecule has 0 aliphatic rings. The highest BCUT2D eigenvalue weighted by atomic mass is 32.2. The van der Waals surface area contributed by atoms with E-state index in [0.29, 0.717) is 10.4 Å². The Hall–Kier alpha value is -1.18. The molecule has 0 unspecified atom stereocenters. The van der Waals surface area contributed by atoms with Crippen molar-refractivity contribution in [1.29, 1.82) is 0 Å². The zero-order valence-electron chi connectivity index (χ0n) is 9.76. The predicted octanol–water partition coefficient (Wildman–Crippen LogP) is 1.41. The normalized spacial score (nSPS) is 12.0. The van der Waals surface area contributed by atoms with Crippen LogP contribution in [0.15, 0.2) is 17.4 Å². The van der Waals surface area contributed by atoms with Crippen LogP contribution in [0.5, 0.6) is 0 Å². The zero-order valence-corrected chi connectivity index (χ0v) is 11.4. The summed E-state index contributed by atoms with van der Waals surface area (Å²) in [5, 5.41) is 5.28. The van der Waals surface area contributed by atoms with Crippen LogP contribution >= 0.6 is 11.3 Å². The maximum absolute atomic E-state index is 11.6. The van der Waals surface area contributed by atoms with Crippen molar-refractivity contribution in [3.05, 3.63) is 22.3 Å². The van der Waals surface area contributed by atoms with Crippen molar-refractivity contribution in [3.63, 3.8) is 0 Å². The molecule has 0 bridgehead atoms. The van der Waals surface area contributed by atoms with Gasteiger partial charge in [0.25, 0.3) is 0 Å². The van der Waals surface area contributed by atoms with Crippen LogP contribution in [0, 0.1) is 13.8 Å². The third kappa shape index (κ3) is 2.01. The standard InChI is InChI=1S/C10H13N3O2S2/c1-6-9(8-4-12-5-13(8)3)10(7(2)16-6)17(11,14)15/h4-5H,1-3H3,(H2,11,14,15). The first-order valence-corrected chi connectivity index (χ1v) is 7.28. The van der Waals surface area contributed by atoms with Gasteiger partial charge >= 0.3 is 0 Å². The molecule has 2 aromatic rings. The van der Waals surface area contributed by atoms with Gasteiger partial charge in [-0.1, -0.05) is 0 Å². The highest BCUT2D eigenvalue weighted by molar-refractivity contribution is 7.89. The lowest BCUT2D eigenvalue weighted by Crippen LogP contribution is -2.14. The molecular weight excluding hydrogens is 258 g/mol. The Balaban J connectivity index is 2.84. The number of nitrogens with two attached hydrogens (primary N) is 1. The number of imidazole rings is 1. The summed E-state index contributed by atoms with van der Waals surface area (Å²) in [6.45, 7) is 3.64. The number of hydrogen-bond acceptors (Lipinski definition) is 4. The molecule has 2 N–H and O–H groups in total. The Morgan fingerprint density at radius 3 is 2.47 bits per heavy atom. The quantitative estimate of drug-likeness (QED) is 0.897. The molecule has 17 heavy (non-hydrogen) atoms. The third-order valence-corrected chi connectivity index (χ3v) is 4.79. The first-order valence-electron chi connectivity index (χ1n) is 4.92. The van der Waals surface area contributed by atoms with Gasteiger partial charge < -0.3 is 4.57 Å². The van der Waals surface area contributed by atoms with E-state index in [1.165, 1.54) is 11.3 Å². The number of primary sulfonamides is 1. The van der Waals surface area contributed by atoms with E-state index in [1.807, 2.05) is 14.0 Å². The molecule has 2 heterocycles. The van der Waals surface area contributed by atoms with E-state index in [0.717, 1.165) is 10.6 Å². The number of aromatic nitrogens is 2. The van der Waals surface area contributed by atoms with Crippen LogP contribution in [0.25, 0.3) is 11.3 Å². The second kappa shape index (κ2) is 3.94. The highest BCUT2D eigenvalue weighted by Gasteiger charge is 2.24. The number of rotatable bonds is 2. The van der Waals surface area contributed by atoms with E-state index in [2.05, 4.69) is 4.98 Å². The molecule has 2 rings (SSSR count). The first-order chi connectivity index (χ1) is 7.82. The van der Waals surface area contributed by atoms with Crippen LogP contribution < -0.4 is 5.14 Å². The summed E-state index contributed by atoms with van der Waals surface area (Å²) in [5.41, 5.74) is 1.42. The third-order valence-electron chi connectivity index (χ3n) is 2.56. The number of nitrogens with zero attached hydrogens (tertiary/aromatic N) is 2. The van der Waals surface area contributed by atoms with Crippen LogP contribution in [-0.2, 0) is 17.1 Å². The smallest absolute Gasteiger partial charge is 0.239 e. The SMILES string of the molecule is Cc1sc(C)c(S(N)(=O)=O)c1-c1cncn1C. The van der Waals surface area contributed by atoms with Crippen LogP contribution in [0.4, 0.5) is 0 Å². The average molecular weight is 271 g/mol. The van der Waals surface area contributed by atoms with Gasteiger partial charge in [-0.05, 0) is 13.8 Å². The minimum Gasteiger partial charge on any atom is -0.334 e. The van der Waals surface area contributed by atoms with Crippen LogP contribution in [-0.4, -0.2) is 18.0 Å². The molecular formula is C10H13N3O2S2. The molecule has 0 aromatic carbocycles. The first kappa shape index (κ1) is 12.3. The maximum atomic E-state index is 11.6. The summed E-state index contributed by atoms with van der Waals surface area (Å²) in [6.07, 6.45) is 3.28. The van der Waals surface area contributed by atoms with E-state index >= 15 is 0 Å². The summed E-state index contributed by atoms with van der Waals surface area (Å²) >= 11 is 1.43. The second-order valence-electron chi connectivity index (χ2n) is 3.85. The lowest BCUT2D eigenvalue weighted by molar-refractivity contribution is 0.598. The Morgan fingerprint density at radius 1 is 1.35 bits per heavy atom. The molecule has 0 radical (unpaired) electrons. The minimum absolute atomic E-state index is 0.212. The molecule has 0 aliphatic carbocycles. The van der Waals surface area contributed by atoms with Gasteiger partial charge in [-0.2, -0.15) is 0 Å². The lowest BCUT2D eigenvalue weighted by Gasteiger charge is -2.05. The number of aryl methyl sites for hydroxylation is 3. The Kier molecular flexibility index (Phi) is 2.84. The topological polar surface area (TPSA) is 78.0 Å².